The van der Waals surface area contributed by atoms with E-state index >= 15 is 0 Å². The molecule has 0 saturated heterocycles. The summed E-state index contributed by atoms with van der Waals surface area (Å²) >= 11 is 0. The van der Waals surface area contributed by atoms with Crippen LogP contribution in [0.1, 0.15) is 36.0 Å². The molecule has 0 atom stereocenters. The highest BCUT2D eigenvalue weighted by Gasteiger charge is 2.28. The number of hydrogen-bond acceptors (Lipinski definition) is 6. The standard InChI is InChI=1S/C13H13N3O4/c1-8-6-10(16(17)18)4-5-11(8)19-7-12-14-13(15-20-12)9-2-3-9/h4-6,9H,2-3,7H2,1H3. The maximum absolute atomic E-state index is 10.6. The van der Waals surface area contributed by atoms with Crippen molar-refractivity contribution in [1.29, 1.82) is 0 Å². The molecule has 1 aromatic heterocycles. The Bertz CT molecular complexity index is 649. The van der Waals surface area contributed by atoms with Gasteiger partial charge >= 0.3 is 0 Å². The van der Waals surface area contributed by atoms with Gasteiger partial charge in [-0.1, -0.05) is 5.16 Å². The summed E-state index contributed by atoms with van der Waals surface area (Å²) in [6.45, 7) is 1.92. The maximum atomic E-state index is 10.6. The Morgan fingerprint density at radius 2 is 2.30 bits per heavy atom. The molecule has 1 saturated carbocycles. The molecule has 104 valence electrons. The van der Waals surface area contributed by atoms with E-state index in [9.17, 15) is 10.1 Å². The predicted molar refractivity (Wildman–Crippen MR) is 68.4 cm³/mol. The second kappa shape index (κ2) is 4.92. The molecule has 7 nitrogen and oxygen atoms in total. The fraction of sp³-hybridized carbons (Fsp3) is 0.385. The van der Waals surface area contributed by atoms with Crippen LogP contribution in [-0.4, -0.2) is 15.1 Å². The van der Waals surface area contributed by atoms with Crippen LogP contribution in [0.25, 0.3) is 0 Å². The second-order valence-corrected chi connectivity index (χ2v) is 4.82. The van der Waals surface area contributed by atoms with Crippen molar-refractivity contribution < 1.29 is 14.2 Å². The third-order valence-electron chi connectivity index (χ3n) is 3.15. The quantitative estimate of drug-likeness (QED) is 0.615. The lowest BCUT2D eigenvalue weighted by Crippen LogP contribution is -1.98. The van der Waals surface area contributed by atoms with Crippen molar-refractivity contribution in [2.75, 3.05) is 0 Å². The van der Waals surface area contributed by atoms with Crippen LogP contribution in [-0.2, 0) is 6.61 Å². The number of nitro benzene ring substituents is 1. The van der Waals surface area contributed by atoms with Gasteiger partial charge in [0.2, 0.25) is 0 Å². The number of benzene rings is 1. The molecular formula is C13H13N3O4. The van der Waals surface area contributed by atoms with E-state index in [2.05, 4.69) is 10.1 Å². The van der Waals surface area contributed by atoms with Gasteiger partial charge in [0.25, 0.3) is 11.6 Å². The lowest BCUT2D eigenvalue weighted by molar-refractivity contribution is -0.384. The molecule has 1 fully saturated rings. The zero-order chi connectivity index (χ0) is 14.1. The van der Waals surface area contributed by atoms with Crippen molar-refractivity contribution in [3.05, 3.63) is 45.6 Å². The molecular weight excluding hydrogens is 262 g/mol. The Kier molecular flexibility index (Phi) is 3.09. The number of ether oxygens (including phenoxy) is 1. The number of hydrogen-bond donors (Lipinski definition) is 0. The summed E-state index contributed by atoms with van der Waals surface area (Å²) in [5.41, 5.74) is 0.741. The number of aromatic nitrogens is 2. The topological polar surface area (TPSA) is 91.3 Å². The Hall–Kier alpha value is -2.44. The molecule has 0 radical (unpaired) electrons. The first-order chi connectivity index (χ1) is 9.63. The Morgan fingerprint density at radius 1 is 1.50 bits per heavy atom. The van der Waals surface area contributed by atoms with E-state index in [4.69, 9.17) is 9.26 Å². The highest BCUT2D eigenvalue weighted by molar-refractivity contribution is 5.42. The zero-order valence-electron chi connectivity index (χ0n) is 10.9. The zero-order valence-corrected chi connectivity index (χ0v) is 10.9. The van der Waals surface area contributed by atoms with Crippen molar-refractivity contribution in [2.45, 2.75) is 32.3 Å². The summed E-state index contributed by atoms with van der Waals surface area (Å²) < 4.78 is 10.6. The van der Waals surface area contributed by atoms with Crippen LogP contribution in [0.5, 0.6) is 5.75 Å². The molecule has 20 heavy (non-hydrogen) atoms. The van der Waals surface area contributed by atoms with Crippen LogP contribution in [0, 0.1) is 17.0 Å². The van der Waals surface area contributed by atoms with Crippen LogP contribution >= 0.6 is 0 Å². The third-order valence-corrected chi connectivity index (χ3v) is 3.15. The lowest BCUT2D eigenvalue weighted by atomic mass is 10.2. The van der Waals surface area contributed by atoms with Gasteiger partial charge in [-0.15, -0.1) is 0 Å². The first-order valence-electron chi connectivity index (χ1n) is 6.34. The van der Waals surface area contributed by atoms with Gasteiger partial charge in [0.15, 0.2) is 12.4 Å². The first kappa shape index (κ1) is 12.6. The molecule has 0 amide bonds. The molecule has 0 unspecified atom stereocenters. The maximum Gasteiger partial charge on any atom is 0.269 e. The Balaban J connectivity index is 1.66. The Morgan fingerprint density at radius 3 is 2.95 bits per heavy atom. The van der Waals surface area contributed by atoms with Gasteiger partial charge in [-0.25, -0.2) is 0 Å². The van der Waals surface area contributed by atoms with Crippen LogP contribution in [0.4, 0.5) is 5.69 Å². The van der Waals surface area contributed by atoms with Crippen molar-refractivity contribution in [1.82, 2.24) is 10.1 Å². The van der Waals surface area contributed by atoms with Crippen molar-refractivity contribution >= 4 is 5.69 Å². The largest absolute Gasteiger partial charge is 0.483 e. The number of nitrogens with zero attached hydrogens (tertiary/aromatic N) is 3. The summed E-state index contributed by atoms with van der Waals surface area (Å²) in [4.78, 5) is 14.5. The van der Waals surface area contributed by atoms with E-state index in [-0.39, 0.29) is 12.3 Å². The molecule has 1 aliphatic carbocycles. The van der Waals surface area contributed by atoms with Gasteiger partial charge in [-0.2, -0.15) is 4.98 Å². The normalized spacial score (nSPS) is 14.2. The van der Waals surface area contributed by atoms with Crippen LogP contribution < -0.4 is 4.74 Å². The average molecular weight is 275 g/mol. The summed E-state index contributed by atoms with van der Waals surface area (Å²) in [5.74, 6) is 2.17. The van der Waals surface area contributed by atoms with E-state index in [0.29, 0.717) is 23.1 Å². The molecule has 0 aliphatic heterocycles. The molecule has 1 aromatic carbocycles. The molecule has 0 spiro atoms. The van der Waals surface area contributed by atoms with Gasteiger partial charge in [0.1, 0.15) is 5.75 Å². The monoisotopic (exact) mass is 275 g/mol. The van der Waals surface area contributed by atoms with Gasteiger partial charge < -0.3 is 9.26 Å². The van der Waals surface area contributed by atoms with Crippen LogP contribution in [0.15, 0.2) is 22.7 Å². The molecule has 7 heteroatoms. The Labute approximate surface area is 114 Å². The number of nitro groups is 1. The minimum atomic E-state index is -0.434. The third kappa shape index (κ3) is 2.61. The van der Waals surface area contributed by atoms with E-state index in [1.165, 1.54) is 12.1 Å². The molecule has 0 bridgehead atoms. The van der Waals surface area contributed by atoms with Crippen LogP contribution in [0.3, 0.4) is 0 Å². The second-order valence-electron chi connectivity index (χ2n) is 4.82. The fourth-order valence-corrected chi connectivity index (χ4v) is 1.88. The van der Waals surface area contributed by atoms with E-state index in [0.717, 1.165) is 18.7 Å². The highest BCUT2D eigenvalue weighted by atomic mass is 16.6. The van der Waals surface area contributed by atoms with Gasteiger partial charge in [0.05, 0.1) is 4.92 Å². The first-order valence-corrected chi connectivity index (χ1v) is 6.34. The fourth-order valence-electron chi connectivity index (χ4n) is 1.88. The predicted octanol–water partition coefficient (Wildman–Crippen LogP) is 2.74. The van der Waals surface area contributed by atoms with Crippen molar-refractivity contribution in [3.63, 3.8) is 0 Å². The van der Waals surface area contributed by atoms with E-state index < -0.39 is 4.92 Å². The van der Waals surface area contributed by atoms with Crippen LogP contribution in [0.2, 0.25) is 0 Å². The smallest absolute Gasteiger partial charge is 0.269 e. The van der Waals surface area contributed by atoms with Gasteiger partial charge in [-0.05, 0) is 31.4 Å². The minimum absolute atomic E-state index is 0.0451. The summed E-state index contributed by atoms with van der Waals surface area (Å²) in [5, 5.41) is 14.5. The number of non-ortho nitro benzene ring substituents is 1. The molecule has 0 N–H and O–H groups in total. The highest BCUT2D eigenvalue weighted by Crippen LogP contribution is 2.38. The summed E-state index contributed by atoms with van der Waals surface area (Å²) in [6.07, 6.45) is 2.22. The van der Waals surface area contributed by atoms with E-state index in [1.54, 1.807) is 13.0 Å². The molecule has 1 heterocycles. The average Bonchev–Trinajstić information content (AvgIpc) is 3.17. The number of aryl methyl sites for hydroxylation is 1. The van der Waals surface area contributed by atoms with Crippen molar-refractivity contribution in [2.24, 2.45) is 0 Å². The summed E-state index contributed by atoms with van der Waals surface area (Å²) in [6, 6.07) is 4.45. The molecule has 2 aromatic rings. The number of rotatable bonds is 5. The van der Waals surface area contributed by atoms with Gasteiger partial charge in [0, 0.05) is 18.1 Å². The minimum Gasteiger partial charge on any atom is -0.483 e. The van der Waals surface area contributed by atoms with Gasteiger partial charge in [-0.3, -0.25) is 10.1 Å². The molecule has 1 aliphatic rings. The van der Waals surface area contributed by atoms with E-state index in [1.807, 2.05) is 0 Å². The van der Waals surface area contributed by atoms with Crippen molar-refractivity contribution in [3.8, 4) is 5.75 Å². The molecule has 3 rings (SSSR count). The summed E-state index contributed by atoms with van der Waals surface area (Å²) in [7, 11) is 0. The lowest BCUT2D eigenvalue weighted by Gasteiger charge is -2.06. The SMILES string of the molecule is Cc1cc([N+](=O)[O-])ccc1OCc1nc(C2CC2)no1.